The molecule has 0 aromatic carbocycles. The summed E-state index contributed by atoms with van der Waals surface area (Å²) in [4.78, 5) is 15.7. The van der Waals surface area contributed by atoms with E-state index in [1.54, 1.807) is 24.5 Å². The van der Waals surface area contributed by atoms with Crippen LogP contribution in [0.1, 0.15) is 36.0 Å². The van der Waals surface area contributed by atoms with Gasteiger partial charge in [-0.15, -0.1) is 0 Å². The van der Waals surface area contributed by atoms with Crippen molar-refractivity contribution < 1.29 is 4.79 Å². The molecule has 3 heteroatoms. The zero-order valence-electron chi connectivity index (χ0n) is 8.07. The first-order valence-electron chi connectivity index (χ1n) is 4.92. The molecule has 1 saturated carbocycles. The number of Topliss-reactive ketones (excluding diaryl/α,β-unsaturated/α-hetero) is 1. The van der Waals surface area contributed by atoms with Crippen molar-refractivity contribution in [1.29, 1.82) is 0 Å². The summed E-state index contributed by atoms with van der Waals surface area (Å²) in [5.41, 5.74) is 6.44. The summed E-state index contributed by atoms with van der Waals surface area (Å²) in [6.45, 7) is 0. The lowest BCUT2D eigenvalue weighted by atomic mass is 9.74. The highest BCUT2D eigenvalue weighted by Crippen LogP contribution is 2.32. The quantitative estimate of drug-likeness (QED) is 0.735. The van der Waals surface area contributed by atoms with Crippen molar-refractivity contribution in [3.8, 4) is 0 Å². The number of carbonyl (C=O) groups excluding carboxylic acids is 1. The van der Waals surface area contributed by atoms with Crippen LogP contribution in [-0.4, -0.2) is 16.3 Å². The average Bonchev–Trinajstić information content (AvgIpc) is 2.17. The topological polar surface area (TPSA) is 56.0 Å². The van der Waals surface area contributed by atoms with Crippen LogP contribution in [0.25, 0.3) is 0 Å². The van der Waals surface area contributed by atoms with Gasteiger partial charge in [0.1, 0.15) is 0 Å². The molecule has 1 aromatic heterocycles. The molecule has 1 aliphatic rings. The SMILES string of the molecule is NC1(CC(=O)c2cccnc2)CCC1. The van der Waals surface area contributed by atoms with Crippen molar-refractivity contribution in [3.05, 3.63) is 30.1 Å². The van der Waals surface area contributed by atoms with Crippen molar-refractivity contribution in [1.82, 2.24) is 4.98 Å². The third kappa shape index (κ3) is 1.82. The van der Waals surface area contributed by atoms with E-state index in [0.29, 0.717) is 12.0 Å². The predicted molar refractivity (Wildman–Crippen MR) is 54.0 cm³/mol. The van der Waals surface area contributed by atoms with Gasteiger partial charge in [0.25, 0.3) is 0 Å². The maximum atomic E-state index is 11.7. The molecule has 0 saturated heterocycles. The number of nitrogens with zero attached hydrogens (tertiary/aromatic N) is 1. The van der Waals surface area contributed by atoms with E-state index in [2.05, 4.69) is 4.98 Å². The highest BCUT2D eigenvalue weighted by molar-refractivity contribution is 5.96. The van der Waals surface area contributed by atoms with Gasteiger partial charge in [0.15, 0.2) is 5.78 Å². The fraction of sp³-hybridized carbons (Fsp3) is 0.455. The van der Waals surface area contributed by atoms with E-state index in [9.17, 15) is 4.79 Å². The van der Waals surface area contributed by atoms with Gasteiger partial charge in [-0.2, -0.15) is 0 Å². The molecule has 1 heterocycles. The van der Waals surface area contributed by atoms with E-state index in [4.69, 9.17) is 5.73 Å². The number of aromatic nitrogens is 1. The van der Waals surface area contributed by atoms with Gasteiger partial charge in [-0.05, 0) is 31.4 Å². The number of hydrogen-bond acceptors (Lipinski definition) is 3. The lowest BCUT2D eigenvalue weighted by molar-refractivity contribution is 0.0912. The van der Waals surface area contributed by atoms with Crippen LogP contribution in [-0.2, 0) is 0 Å². The molecule has 0 unspecified atom stereocenters. The molecule has 3 nitrogen and oxygen atoms in total. The van der Waals surface area contributed by atoms with Crippen LogP contribution >= 0.6 is 0 Å². The van der Waals surface area contributed by atoms with E-state index in [1.165, 1.54) is 0 Å². The zero-order valence-corrected chi connectivity index (χ0v) is 8.07. The lowest BCUT2D eigenvalue weighted by Gasteiger charge is -2.37. The number of rotatable bonds is 3. The lowest BCUT2D eigenvalue weighted by Crippen LogP contribution is -2.48. The molecule has 0 radical (unpaired) electrons. The van der Waals surface area contributed by atoms with Gasteiger partial charge >= 0.3 is 0 Å². The smallest absolute Gasteiger partial charge is 0.166 e. The van der Waals surface area contributed by atoms with Gasteiger partial charge in [0, 0.05) is 29.9 Å². The Morgan fingerprint density at radius 3 is 2.86 bits per heavy atom. The Balaban J connectivity index is 2.03. The monoisotopic (exact) mass is 190 g/mol. The zero-order chi connectivity index (χ0) is 10.0. The molecule has 0 aliphatic heterocycles. The summed E-state index contributed by atoms with van der Waals surface area (Å²) in [6, 6.07) is 3.56. The second-order valence-corrected chi connectivity index (χ2v) is 4.06. The molecular formula is C11H14N2O. The van der Waals surface area contributed by atoms with Crippen LogP contribution in [0.5, 0.6) is 0 Å². The molecule has 1 fully saturated rings. The Bertz CT molecular complexity index is 330. The molecule has 2 rings (SSSR count). The van der Waals surface area contributed by atoms with Crippen LogP contribution in [0.2, 0.25) is 0 Å². The number of hydrogen-bond donors (Lipinski definition) is 1. The normalized spacial score (nSPS) is 18.6. The summed E-state index contributed by atoms with van der Waals surface area (Å²) in [5.74, 6) is 0.111. The molecule has 0 amide bonds. The van der Waals surface area contributed by atoms with Crippen molar-refractivity contribution in [2.45, 2.75) is 31.2 Å². The predicted octanol–water partition coefficient (Wildman–Crippen LogP) is 1.54. The molecule has 14 heavy (non-hydrogen) atoms. The Morgan fingerprint density at radius 1 is 1.57 bits per heavy atom. The van der Waals surface area contributed by atoms with E-state index >= 15 is 0 Å². The molecule has 1 aromatic rings. The number of nitrogens with two attached hydrogens (primary N) is 1. The summed E-state index contributed by atoms with van der Waals surface area (Å²) in [5, 5.41) is 0. The highest BCUT2D eigenvalue weighted by Gasteiger charge is 2.34. The number of carbonyl (C=O) groups is 1. The van der Waals surface area contributed by atoms with E-state index < -0.39 is 0 Å². The van der Waals surface area contributed by atoms with Gasteiger partial charge in [0.2, 0.25) is 0 Å². The number of pyridine rings is 1. The first kappa shape index (κ1) is 9.34. The average molecular weight is 190 g/mol. The Morgan fingerprint density at radius 2 is 2.36 bits per heavy atom. The third-order valence-corrected chi connectivity index (χ3v) is 2.85. The van der Waals surface area contributed by atoms with Crippen molar-refractivity contribution in [3.63, 3.8) is 0 Å². The minimum atomic E-state index is -0.229. The first-order chi connectivity index (χ1) is 6.70. The van der Waals surface area contributed by atoms with Gasteiger partial charge in [-0.3, -0.25) is 9.78 Å². The summed E-state index contributed by atoms with van der Waals surface area (Å²) in [6.07, 6.45) is 6.82. The second-order valence-electron chi connectivity index (χ2n) is 4.06. The van der Waals surface area contributed by atoms with E-state index in [0.717, 1.165) is 19.3 Å². The van der Waals surface area contributed by atoms with Crippen LogP contribution in [0.3, 0.4) is 0 Å². The number of ketones is 1. The van der Waals surface area contributed by atoms with Gasteiger partial charge in [-0.1, -0.05) is 0 Å². The molecular weight excluding hydrogens is 176 g/mol. The minimum absolute atomic E-state index is 0.111. The van der Waals surface area contributed by atoms with Crippen LogP contribution in [0.15, 0.2) is 24.5 Å². The Hall–Kier alpha value is -1.22. The van der Waals surface area contributed by atoms with Crippen molar-refractivity contribution >= 4 is 5.78 Å². The fourth-order valence-corrected chi connectivity index (χ4v) is 1.76. The molecule has 0 bridgehead atoms. The molecule has 0 atom stereocenters. The van der Waals surface area contributed by atoms with Crippen LogP contribution in [0.4, 0.5) is 0 Å². The van der Waals surface area contributed by atoms with Gasteiger partial charge < -0.3 is 5.73 Å². The first-order valence-corrected chi connectivity index (χ1v) is 4.92. The Labute approximate surface area is 83.3 Å². The minimum Gasteiger partial charge on any atom is -0.325 e. The fourth-order valence-electron chi connectivity index (χ4n) is 1.76. The van der Waals surface area contributed by atoms with Crippen molar-refractivity contribution in [2.75, 3.05) is 0 Å². The maximum absolute atomic E-state index is 11.7. The summed E-state index contributed by atoms with van der Waals surface area (Å²) in [7, 11) is 0. The van der Waals surface area contributed by atoms with Crippen LogP contribution < -0.4 is 5.73 Å². The molecule has 1 aliphatic carbocycles. The second kappa shape index (κ2) is 3.50. The van der Waals surface area contributed by atoms with E-state index in [-0.39, 0.29) is 11.3 Å². The molecule has 2 N–H and O–H groups in total. The summed E-state index contributed by atoms with van der Waals surface area (Å²) >= 11 is 0. The standard InChI is InChI=1S/C11H14N2O/c12-11(4-2-5-11)7-10(14)9-3-1-6-13-8-9/h1,3,6,8H,2,4-5,7,12H2. The highest BCUT2D eigenvalue weighted by atomic mass is 16.1. The van der Waals surface area contributed by atoms with E-state index in [1.807, 2.05) is 0 Å². The maximum Gasteiger partial charge on any atom is 0.166 e. The van der Waals surface area contributed by atoms with Crippen LogP contribution in [0, 0.1) is 0 Å². The molecule has 0 spiro atoms. The Kier molecular flexibility index (Phi) is 2.33. The van der Waals surface area contributed by atoms with Gasteiger partial charge in [0.05, 0.1) is 0 Å². The molecule has 74 valence electrons. The largest absolute Gasteiger partial charge is 0.325 e. The van der Waals surface area contributed by atoms with Crippen molar-refractivity contribution in [2.24, 2.45) is 5.73 Å². The summed E-state index contributed by atoms with van der Waals surface area (Å²) < 4.78 is 0. The third-order valence-electron chi connectivity index (χ3n) is 2.85. The van der Waals surface area contributed by atoms with Gasteiger partial charge in [-0.25, -0.2) is 0 Å².